The number of fused-ring (bicyclic) bond motifs is 1. The lowest BCUT2D eigenvalue weighted by atomic mass is 9.88. The Hall–Kier alpha value is -2.34. The Bertz CT molecular complexity index is 881. The van der Waals surface area contributed by atoms with Crippen molar-refractivity contribution in [2.45, 2.75) is 34.1 Å². The van der Waals surface area contributed by atoms with Crippen molar-refractivity contribution in [2.75, 3.05) is 0 Å². The van der Waals surface area contributed by atoms with Gasteiger partial charge in [0.25, 0.3) is 0 Å². The third-order valence-corrected chi connectivity index (χ3v) is 4.88. The molecule has 0 aliphatic heterocycles. The molecule has 0 atom stereocenters. The topological polar surface area (TPSA) is 0 Å². The van der Waals surface area contributed by atoms with Crippen molar-refractivity contribution in [2.24, 2.45) is 0 Å². The van der Waals surface area contributed by atoms with Crippen LogP contribution in [0.1, 0.15) is 43.0 Å². The summed E-state index contributed by atoms with van der Waals surface area (Å²) in [5.41, 5.74) is 8.27. The van der Waals surface area contributed by atoms with Gasteiger partial charge in [-0.15, -0.1) is 0 Å². The minimum absolute atomic E-state index is 1.06. The molecule has 0 bridgehead atoms. The van der Waals surface area contributed by atoms with Gasteiger partial charge < -0.3 is 0 Å². The zero-order valence-corrected chi connectivity index (χ0v) is 14.5. The molecule has 0 spiro atoms. The van der Waals surface area contributed by atoms with E-state index in [0.29, 0.717) is 0 Å². The minimum atomic E-state index is 1.06. The van der Waals surface area contributed by atoms with E-state index in [2.05, 4.69) is 88.4 Å². The summed E-state index contributed by atoms with van der Waals surface area (Å²) in [6, 6.07) is 21.9. The Labute approximate surface area is 139 Å². The summed E-state index contributed by atoms with van der Waals surface area (Å²) in [6.45, 7) is 8.95. The highest BCUT2D eigenvalue weighted by atomic mass is 14.2. The standard InChI is InChI=1S/C23H24/c1-5-19-10-6-8-12-21(19)17(3)18(4)23-16(2)14-15-20-11-7-9-13-22(20)23/h6-15H,5H2,1-4H3/b18-17+. The summed E-state index contributed by atoms with van der Waals surface area (Å²) >= 11 is 0. The fraction of sp³-hybridized carbons (Fsp3) is 0.217. The van der Waals surface area contributed by atoms with Crippen molar-refractivity contribution in [3.63, 3.8) is 0 Å². The maximum absolute atomic E-state index is 2.26. The van der Waals surface area contributed by atoms with Crippen LogP contribution >= 0.6 is 0 Å². The van der Waals surface area contributed by atoms with E-state index in [0.717, 1.165) is 6.42 Å². The zero-order valence-electron chi connectivity index (χ0n) is 14.5. The summed E-state index contributed by atoms with van der Waals surface area (Å²) in [5.74, 6) is 0. The highest BCUT2D eigenvalue weighted by Crippen LogP contribution is 2.34. The Morgan fingerprint density at radius 3 is 2.26 bits per heavy atom. The van der Waals surface area contributed by atoms with Crippen molar-refractivity contribution in [1.29, 1.82) is 0 Å². The Morgan fingerprint density at radius 1 is 0.783 bits per heavy atom. The number of benzene rings is 3. The predicted octanol–water partition coefficient (Wildman–Crippen LogP) is 6.66. The van der Waals surface area contributed by atoms with Gasteiger partial charge in [-0.05, 0) is 71.4 Å². The molecule has 3 aromatic carbocycles. The number of allylic oxidation sites excluding steroid dienone is 2. The zero-order chi connectivity index (χ0) is 16.4. The van der Waals surface area contributed by atoms with Crippen LogP contribution in [0.2, 0.25) is 0 Å². The van der Waals surface area contributed by atoms with E-state index in [-0.39, 0.29) is 0 Å². The lowest BCUT2D eigenvalue weighted by Gasteiger charge is -2.16. The van der Waals surface area contributed by atoms with Crippen LogP contribution in [0.4, 0.5) is 0 Å². The van der Waals surface area contributed by atoms with Crippen molar-refractivity contribution in [1.82, 2.24) is 0 Å². The molecule has 0 unspecified atom stereocenters. The SMILES string of the molecule is CCc1ccccc1/C(C)=C(\C)c1c(C)ccc2ccccc12. The molecule has 0 nitrogen and oxygen atoms in total. The van der Waals surface area contributed by atoms with E-state index in [1.807, 2.05) is 0 Å². The second-order valence-corrected chi connectivity index (χ2v) is 6.24. The van der Waals surface area contributed by atoms with E-state index in [1.165, 1.54) is 44.2 Å². The van der Waals surface area contributed by atoms with Crippen LogP contribution in [-0.2, 0) is 6.42 Å². The van der Waals surface area contributed by atoms with Crippen LogP contribution in [0.25, 0.3) is 21.9 Å². The molecular weight excluding hydrogens is 276 g/mol. The average Bonchev–Trinajstić information content (AvgIpc) is 2.60. The quantitative estimate of drug-likeness (QED) is 0.474. The summed E-state index contributed by atoms with van der Waals surface area (Å²) in [4.78, 5) is 0. The van der Waals surface area contributed by atoms with Gasteiger partial charge in [0.05, 0.1) is 0 Å². The third kappa shape index (κ3) is 2.82. The maximum Gasteiger partial charge on any atom is -0.0106 e. The minimum Gasteiger partial charge on any atom is -0.0620 e. The van der Waals surface area contributed by atoms with Gasteiger partial charge in [0.2, 0.25) is 0 Å². The van der Waals surface area contributed by atoms with E-state index in [4.69, 9.17) is 0 Å². The molecule has 3 aromatic rings. The van der Waals surface area contributed by atoms with Crippen LogP contribution < -0.4 is 0 Å². The molecule has 0 fully saturated rings. The van der Waals surface area contributed by atoms with Gasteiger partial charge in [0.15, 0.2) is 0 Å². The average molecular weight is 300 g/mol. The molecule has 3 rings (SSSR count). The van der Waals surface area contributed by atoms with Crippen LogP contribution in [-0.4, -0.2) is 0 Å². The summed E-state index contributed by atoms with van der Waals surface area (Å²) < 4.78 is 0. The molecule has 0 heteroatoms. The molecule has 0 radical (unpaired) electrons. The van der Waals surface area contributed by atoms with Gasteiger partial charge in [-0.1, -0.05) is 67.6 Å². The van der Waals surface area contributed by atoms with Gasteiger partial charge in [-0.2, -0.15) is 0 Å². The summed E-state index contributed by atoms with van der Waals surface area (Å²) in [5, 5.41) is 2.65. The van der Waals surface area contributed by atoms with Crippen molar-refractivity contribution in [3.8, 4) is 0 Å². The first-order chi connectivity index (χ1) is 11.1. The highest BCUT2D eigenvalue weighted by Gasteiger charge is 2.11. The van der Waals surface area contributed by atoms with E-state index < -0.39 is 0 Å². The molecule has 0 aliphatic carbocycles. The third-order valence-electron chi connectivity index (χ3n) is 4.88. The van der Waals surface area contributed by atoms with Crippen molar-refractivity contribution >= 4 is 21.9 Å². The molecular formula is C23H24. The smallest absolute Gasteiger partial charge is 0.0106 e. The monoisotopic (exact) mass is 300 g/mol. The lowest BCUT2D eigenvalue weighted by molar-refractivity contribution is 1.13. The predicted molar refractivity (Wildman–Crippen MR) is 103 cm³/mol. The van der Waals surface area contributed by atoms with E-state index in [9.17, 15) is 0 Å². The highest BCUT2D eigenvalue weighted by molar-refractivity contribution is 6.01. The van der Waals surface area contributed by atoms with Crippen LogP contribution in [0.15, 0.2) is 60.7 Å². The van der Waals surface area contributed by atoms with Crippen LogP contribution in [0.5, 0.6) is 0 Å². The van der Waals surface area contributed by atoms with Crippen molar-refractivity contribution in [3.05, 3.63) is 82.9 Å². The summed E-state index contributed by atoms with van der Waals surface area (Å²) in [6.07, 6.45) is 1.06. The summed E-state index contributed by atoms with van der Waals surface area (Å²) in [7, 11) is 0. The normalized spacial score (nSPS) is 12.3. The maximum atomic E-state index is 2.26. The molecule has 0 saturated heterocycles. The number of hydrogen-bond donors (Lipinski definition) is 0. The largest absolute Gasteiger partial charge is 0.0620 e. The molecule has 23 heavy (non-hydrogen) atoms. The lowest BCUT2D eigenvalue weighted by Crippen LogP contribution is -1.95. The first-order valence-electron chi connectivity index (χ1n) is 8.38. The molecule has 0 N–H and O–H groups in total. The second-order valence-electron chi connectivity index (χ2n) is 6.24. The van der Waals surface area contributed by atoms with Gasteiger partial charge in [-0.25, -0.2) is 0 Å². The number of aryl methyl sites for hydroxylation is 2. The molecule has 0 heterocycles. The Balaban J connectivity index is 2.27. The Morgan fingerprint density at radius 2 is 1.48 bits per heavy atom. The molecule has 0 saturated carbocycles. The van der Waals surface area contributed by atoms with Crippen LogP contribution in [0, 0.1) is 6.92 Å². The van der Waals surface area contributed by atoms with Gasteiger partial charge >= 0.3 is 0 Å². The Kier molecular flexibility index (Phi) is 4.34. The van der Waals surface area contributed by atoms with Gasteiger partial charge in [0.1, 0.15) is 0 Å². The molecule has 116 valence electrons. The first kappa shape index (κ1) is 15.6. The fourth-order valence-corrected chi connectivity index (χ4v) is 3.46. The first-order valence-corrected chi connectivity index (χ1v) is 8.38. The molecule has 0 aliphatic rings. The van der Waals surface area contributed by atoms with Gasteiger partial charge in [0, 0.05) is 0 Å². The fourth-order valence-electron chi connectivity index (χ4n) is 3.46. The van der Waals surface area contributed by atoms with E-state index in [1.54, 1.807) is 0 Å². The van der Waals surface area contributed by atoms with Crippen molar-refractivity contribution < 1.29 is 0 Å². The number of hydrogen-bond acceptors (Lipinski definition) is 0. The molecule has 0 aromatic heterocycles. The number of rotatable bonds is 3. The second kappa shape index (κ2) is 6.42. The van der Waals surface area contributed by atoms with Gasteiger partial charge in [-0.3, -0.25) is 0 Å². The van der Waals surface area contributed by atoms with E-state index >= 15 is 0 Å². The van der Waals surface area contributed by atoms with Crippen LogP contribution in [0.3, 0.4) is 0 Å². The molecule has 0 amide bonds.